The van der Waals surface area contributed by atoms with Crippen molar-refractivity contribution >= 4 is 0 Å². The second kappa shape index (κ2) is 7.54. The molecule has 0 amide bonds. The molecule has 0 N–H and O–H groups in total. The van der Waals surface area contributed by atoms with Crippen LogP contribution in [0.5, 0.6) is 11.5 Å². The summed E-state index contributed by atoms with van der Waals surface area (Å²) in [6.45, 7) is 4.79. The van der Waals surface area contributed by atoms with Gasteiger partial charge in [-0.25, -0.2) is 0 Å². The molecule has 3 atom stereocenters. The minimum Gasteiger partial charge on any atom is -0.497 e. The predicted molar refractivity (Wildman–Crippen MR) is 95.6 cm³/mol. The van der Waals surface area contributed by atoms with Gasteiger partial charge < -0.3 is 14.2 Å². The molecule has 2 aromatic carbocycles. The lowest BCUT2D eigenvalue weighted by atomic mass is 9.84. The van der Waals surface area contributed by atoms with Crippen LogP contribution in [0.2, 0.25) is 0 Å². The Morgan fingerprint density at radius 2 is 1.83 bits per heavy atom. The maximum absolute atomic E-state index is 6.11. The van der Waals surface area contributed by atoms with E-state index in [1.54, 1.807) is 14.2 Å². The van der Waals surface area contributed by atoms with E-state index in [-0.39, 0.29) is 6.10 Å². The van der Waals surface area contributed by atoms with Crippen LogP contribution in [-0.2, 0) is 11.2 Å². The summed E-state index contributed by atoms with van der Waals surface area (Å²) in [5, 5.41) is 0. The smallest absolute Gasteiger partial charge is 0.119 e. The molecular weight excluding hydrogens is 300 g/mol. The Kier molecular flexibility index (Phi) is 5.21. The zero-order valence-corrected chi connectivity index (χ0v) is 14.3. The molecule has 3 rings (SSSR count). The number of methoxy groups -OCH3 is 2. The van der Waals surface area contributed by atoms with Crippen molar-refractivity contribution in [2.45, 2.75) is 12.5 Å². The largest absolute Gasteiger partial charge is 0.497 e. The minimum absolute atomic E-state index is 0.0593. The van der Waals surface area contributed by atoms with Gasteiger partial charge in [0.25, 0.3) is 0 Å². The van der Waals surface area contributed by atoms with Gasteiger partial charge >= 0.3 is 0 Å². The highest BCUT2D eigenvalue weighted by molar-refractivity contribution is 5.31. The topological polar surface area (TPSA) is 27.7 Å². The van der Waals surface area contributed by atoms with Crippen LogP contribution in [-0.4, -0.2) is 20.8 Å². The summed E-state index contributed by atoms with van der Waals surface area (Å²) >= 11 is 0. The van der Waals surface area contributed by atoms with Gasteiger partial charge in [-0.1, -0.05) is 30.3 Å². The van der Waals surface area contributed by atoms with Crippen molar-refractivity contribution in [3.63, 3.8) is 0 Å². The number of hydrogen-bond acceptors (Lipinski definition) is 3. The van der Waals surface area contributed by atoms with Gasteiger partial charge in [0.05, 0.1) is 26.9 Å². The number of hydrogen-bond donors (Lipinski definition) is 0. The molecule has 3 heteroatoms. The van der Waals surface area contributed by atoms with E-state index in [0.717, 1.165) is 24.5 Å². The molecule has 0 spiro atoms. The third-order valence-electron chi connectivity index (χ3n) is 4.73. The van der Waals surface area contributed by atoms with Gasteiger partial charge in [-0.05, 0) is 47.7 Å². The summed E-state index contributed by atoms with van der Waals surface area (Å²) < 4.78 is 16.7. The van der Waals surface area contributed by atoms with Gasteiger partial charge in [0.15, 0.2) is 0 Å². The summed E-state index contributed by atoms with van der Waals surface area (Å²) in [5.74, 6) is 2.47. The summed E-state index contributed by atoms with van der Waals surface area (Å²) in [6, 6.07) is 16.4. The van der Waals surface area contributed by atoms with E-state index in [2.05, 4.69) is 30.8 Å². The first-order chi connectivity index (χ1) is 11.7. The van der Waals surface area contributed by atoms with Gasteiger partial charge in [0, 0.05) is 5.92 Å². The first-order valence-corrected chi connectivity index (χ1v) is 8.26. The highest BCUT2D eigenvalue weighted by Crippen LogP contribution is 2.41. The van der Waals surface area contributed by atoms with Crippen molar-refractivity contribution in [1.29, 1.82) is 0 Å². The molecule has 0 aromatic heterocycles. The van der Waals surface area contributed by atoms with Crippen LogP contribution in [0, 0.1) is 11.8 Å². The molecule has 0 radical (unpaired) electrons. The van der Waals surface area contributed by atoms with Gasteiger partial charge in [-0.15, -0.1) is 6.58 Å². The summed E-state index contributed by atoms with van der Waals surface area (Å²) in [5.41, 5.74) is 2.44. The SMILES string of the molecule is C=C[C@H]1[C@H](Cc2cccc(OC)c2)CO[C@@H]1c1ccc(OC)cc1. The third-order valence-corrected chi connectivity index (χ3v) is 4.73. The van der Waals surface area contributed by atoms with Crippen molar-refractivity contribution in [2.75, 3.05) is 20.8 Å². The van der Waals surface area contributed by atoms with Crippen LogP contribution in [0.3, 0.4) is 0 Å². The Morgan fingerprint density at radius 3 is 2.50 bits per heavy atom. The number of ether oxygens (including phenoxy) is 3. The van der Waals surface area contributed by atoms with Crippen molar-refractivity contribution in [3.8, 4) is 11.5 Å². The van der Waals surface area contributed by atoms with Crippen LogP contribution in [0.4, 0.5) is 0 Å². The molecule has 126 valence electrons. The minimum atomic E-state index is 0.0593. The molecule has 0 bridgehead atoms. The molecule has 0 aliphatic carbocycles. The van der Waals surface area contributed by atoms with Crippen LogP contribution >= 0.6 is 0 Å². The van der Waals surface area contributed by atoms with Gasteiger partial charge in [-0.3, -0.25) is 0 Å². The van der Waals surface area contributed by atoms with E-state index in [0.29, 0.717) is 11.8 Å². The molecule has 2 aromatic rings. The van der Waals surface area contributed by atoms with Crippen molar-refractivity contribution < 1.29 is 14.2 Å². The second-order valence-corrected chi connectivity index (χ2v) is 6.16. The fourth-order valence-electron chi connectivity index (χ4n) is 3.42. The van der Waals surface area contributed by atoms with E-state index in [1.807, 2.05) is 30.3 Å². The molecule has 1 saturated heterocycles. The highest BCUT2D eigenvalue weighted by Gasteiger charge is 2.36. The van der Waals surface area contributed by atoms with Crippen LogP contribution in [0.25, 0.3) is 0 Å². The quantitative estimate of drug-likeness (QED) is 0.735. The maximum Gasteiger partial charge on any atom is 0.119 e. The van der Waals surface area contributed by atoms with E-state index < -0.39 is 0 Å². The molecule has 24 heavy (non-hydrogen) atoms. The normalized spacial score (nSPS) is 23.0. The van der Waals surface area contributed by atoms with Crippen LogP contribution < -0.4 is 9.47 Å². The fourth-order valence-corrected chi connectivity index (χ4v) is 3.42. The lowest BCUT2D eigenvalue weighted by molar-refractivity contribution is 0.0977. The van der Waals surface area contributed by atoms with Crippen molar-refractivity contribution in [1.82, 2.24) is 0 Å². The average Bonchev–Trinajstić information content (AvgIpc) is 3.04. The first kappa shape index (κ1) is 16.6. The predicted octanol–water partition coefficient (Wildman–Crippen LogP) is 4.44. The average molecular weight is 324 g/mol. The monoisotopic (exact) mass is 324 g/mol. The molecular formula is C21H24O3. The number of rotatable bonds is 6. The fraction of sp³-hybridized carbons (Fsp3) is 0.333. The zero-order valence-electron chi connectivity index (χ0n) is 14.3. The van der Waals surface area contributed by atoms with E-state index in [4.69, 9.17) is 14.2 Å². The Hall–Kier alpha value is -2.26. The standard InChI is InChI=1S/C21H24O3/c1-4-20-17(12-15-6-5-7-19(13-15)23-3)14-24-21(20)16-8-10-18(22-2)11-9-16/h4-11,13,17,20-21H,1,12,14H2,2-3H3/t17-,20+,21-/m1/s1. The van der Waals surface area contributed by atoms with Gasteiger partial charge in [0.1, 0.15) is 11.5 Å². The Bertz CT molecular complexity index is 678. The molecule has 1 aliphatic rings. The molecule has 3 nitrogen and oxygen atoms in total. The van der Waals surface area contributed by atoms with Gasteiger partial charge in [-0.2, -0.15) is 0 Å². The molecule has 0 saturated carbocycles. The molecule has 0 unspecified atom stereocenters. The number of benzene rings is 2. The Labute approximate surface area is 143 Å². The highest BCUT2D eigenvalue weighted by atomic mass is 16.5. The maximum atomic E-state index is 6.11. The van der Waals surface area contributed by atoms with Gasteiger partial charge in [0.2, 0.25) is 0 Å². The van der Waals surface area contributed by atoms with Crippen molar-refractivity contribution in [2.24, 2.45) is 11.8 Å². The summed E-state index contributed by atoms with van der Waals surface area (Å²) in [7, 11) is 3.38. The van der Waals surface area contributed by atoms with Crippen LogP contribution in [0.1, 0.15) is 17.2 Å². The Morgan fingerprint density at radius 1 is 1.08 bits per heavy atom. The molecule has 1 aliphatic heterocycles. The van der Waals surface area contributed by atoms with Crippen LogP contribution in [0.15, 0.2) is 61.2 Å². The molecule has 1 heterocycles. The van der Waals surface area contributed by atoms with E-state index >= 15 is 0 Å². The van der Waals surface area contributed by atoms with Crippen molar-refractivity contribution in [3.05, 3.63) is 72.3 Å². The first-order valence-electron chi connectivity index (χ1n) is 8.26. The summed E-state index contributed by atoms with van der Waals surface area (Å²) in [4.78, 5) is 0. The van der Waals surface area contributed by atoms with E-state index in [9.17, 15) is 0 Å². The lowest BCUT2D eigenvalue weighted by Gasteiger charge is -2.20. The molecule has 1 fully saturated rings. The zero-order chi connectivity index (χ0) is 16.9. The summed E-state index contributed by atoms with van der Waals surface area (Å²) in [6.07, 6.45) is 3.05. The lowest BCUT2D eigenvalue weighted by Crippen LogP contribution is -2.15. The van der Waals surface area contributed by atoms with E-state index in [1.165, 1.54) is 11.1 Å². The Balaban J connectivity index is 1.74. The third kappa shape index (κ3) is 3.46. The second-order valence-electron chi connectivity index (χ2n) is 6.16.